The minimum atomic E-state index is -4.62. The van der Waals surface area contributed by atoms with Crippen LogP contribution in [0.25, 0.3) is 0 Å². The Morgan fingerprint density at radius 1 is 1.06 bits per heavy atom. The second kappa shape index (κ2) is 12.4. The zero-order valence-corrected chi connectivity index (χ0v) is 29.6. The molecule has 0 bridgehead atoms. The van der Waals surface area contributed by atoms with Gasteiger partial charge in [-0.2, -0.15) is 13.2 Å². The molecule has 1 aliphatic carbocycles. The van der Waals surface area contributed by atoms with Crippen LogP contribution in [0.5, 0.6) is 0 Å². The number of anilines is 1. The average molecular weight is 696 g/mol. The van der Waals surface area contributed by atoms with Crippen molar-refractivity contribution >= 4 is 29.2 Å². The topological polar surface area (TPSA) is 78.9 Å². The van der Waals surface area contributed by atoms with E-state index in [0.717, 1.165) is 48.2 Å². The first-order chi connectivity index (χ1) is 23.1. The third-order valence-electron chi connectivity index (χ3n) is 11.1. The van der Waals surface area contributed by atoms with Gasteiger partial charge < -0.3 is 14.5 Å². The van der Waals surface area contributed by atoms with E-state index >= 15 is 0 Å². The fraction of sp³-hybridized carbons (Fsp3) is 0.568. The Morgan fingerprint density at radius 3 is 2.47 bits per heavy atom. The van der Waals surface area contributed by atoms with Crippen LogP contribution in [0.15, 0.2) is 36.4 Å². The van der Waals surface area contributed by atoms with E-state index in [1.807, 2.05) is 52.8 Å². The lowest BCUT2D eigenvalue weighted by Gasteiger charge is -2.34. The number of amides is 2. The molecule has 1 saturated carbocycles. The normalized spacial score (nSPS) is 22.9. The van der Waals surface area contributed by atoms with Gasteiger partial charge in [0, 0.05) is 53.1 Å². The van der Waals surface area contributed by atoms with Crippen molar-refractivity contribution in [3.8, 4) is 0 Å². The summed E-state index contributed by atoms with van der Waals surface area (Å²) in [6.45, 7) is 11.8. The molecule has 3 aliphatic heterocycles. The van der Waals surface area contributed by atoms with Crippen molar-refractivity contribution in [3.05, 3.63) is 74.8 Å². The molecule has 3 fully saturated rings. The highest BCUT2D eigenvalue weighted by Gasteiger charge is 2.47. The quantitative estimate of drug-likeness (QED) is 0.258. The lowest BCUT2D eigenvalue weighted by molar-refractivity contribution is -0.138. The number of aromatic nitrogens is 2. The fourth-order valence-corrected chi connectivity index (χ4v) is 8.74. The summed E-state index contributed by atoms with van der Waals surface area (Å²) in [5.41, 5.74) is 1.69. The highest BCUT2D eigenvalue weighted by molar-refractivity contribution is 7.05. The molecule has 3 aromatic rings. The van der Waals surface area contributed by atoms with Gasteiger partial charge in [0.15, 0.2) is 0 Å². The maximum atomic E-state index is 14.7. The number of likely N-dealkylation sites (tertiary alicyclic amines) is 2. The third kappa shape index (κ3) is 6.46. The van der Waals surface area contributed by atoms with E-state index in [-0.39, 0.29) is 41.1 Å². The van der Waals surface area contributed by atoms with Crippen molar-refractivity contribution in [2.75, 3.05) is 31.1 Å². The summed E-state index contributed by atoms with van der Waals surface area (Å²) in [6, 6.07) is 10.2. The molecule has 4 aliphatic rings. The van der Waals surface area contributed by atoms with Gasteiger partial charge in [0.05, 0.1) is 17.8 Å². The standard InChI is InChI=1S/C37H44F3N5O3S/c1-22(43-14-12-36(20-43)13-15-44(21-36)34(47)48-35(3,4)5)26-17-28-29(30(18-26)37(38,39)40)19-45(33(28)46)27-11-7-10-25(16-27)31(24-8-6-9-24)32-23(2)49-42-41-32/h7,10-11,16-18,22,24,31H,6,8-9,12-15,19-21H2,1-5H3/t22-,31-,36+/m1/s1. The maximum absolute atomic E-state index is 14.7. The molecule has 12 heteroatoms. The molecule has 0 radical (unpaired) electrons. The highest BCUT2D eigenvalue weighted by atomic mass is 32.1. The molecule has 2 aromatic carbocycles. The highest BCUT2D eigenvalue weighted by Crippen LogP contribution is 2.47. The summed E-state index contributed by atoms with van der Waals surface area (Å²) in [7, 11) is 0. The van der Waals surface area contributed by atoms with Crippen LogP contribution < -0.4 is 4.90 Å². The minimum absolute atomic E-state index is 0.0237. The lowest BCUT2D eigenvalue weighted by Crippen LogP contribution is -2.38. The van der Waals surface area contributed by atoms with Gasteiger partial charge >= 0.3 is 12.3 Å². The van der Waals surface area contributed by atoms with E-state index in [1.165, 1.54) is 22.5 Å². The van der Waals surface area contributed by atoms with Crippen LogP contribution in [-0.4, -0.2) is 63.2 Å². The Kier molecular flexibility index (Phi) is 8.57. The van der Waals surface area contributed by atoms with Gasteiger partial charge in [-0.15, -0.1) is 5.10 Å². The predicted octanol–water partition coefficient (Wildman–Crippen LogP) is 8.35. The van der Waals surface area contributed by atoms with Crippen LogP contribution in [0.1, 0.15) is 115 Å². The molecule has 1 spiro atoms. The molecule has 0 unspecified atom stereocenters. The van der Waals surface area contributed by atoms with Crippen molar-refractivity contribution in [1.29, 1.82) is 0 Å². The Balaban J connectivity index is 1.13. The first kappa shape index (κ1) is 34.0. The minimum Gasteiger partial charge on any atom is -0.444 e. The van der Waals surface area contributed by atoms with Crippen LogP contribution in [0.2, 0.25) is 0 Å². The number of aryl methyl sites for hydroxylation is 1. The molecule has 1 aromatic heterocycles. The zero-order chi connectivity index (χ0) is 34.9. The summed E-state index contributed by atoms with van der Waals surface area (Å²) < 4.78 is 53.8. The summed E-state index contributed by atoms with van der Waals surface area (Å²) >= 11 is 1.37. The second-order valence-electron chi connectivity index (χ2n) is 15.5. The van der Waals surface area contributed by atoms with Crippen LogP contribution in [-0.2, 0) is 17.5 Å². The molecule has 2 amide bonds. The molecule has 0 N–H and O–H groups in total. The number of nitrogens with zero attached hydrogens (tertiary/aromatic N) is 5. The summed E-state index contributed by atoms with van der Waals surface area (Å²) in [5.74, 6) is 0.0326. The monoisotopic (exact) mass is 695 g/mol. The van der Waals surface area contributed by atoms with Crippen LogP contribution >= 0.6 is 11.5 Å². The van der Waals surface area contributed by atoms with Crippen molar-refractivity contribution < 1.29 is 27.5 Å². The van der Waals surface area contributed by atoms with Crippen molar-refractivity contribution in [1.82, 2.24) is 19.4 Å². The number of benzene rings is 2. The smallest absolute Gasteiger partial charge is 0.416 e. The molecule has 3 atom stereocenters. The van der Waals surface area contributed by atoms with E-state index in [2.05, 4.69) is 14.5 Å². The molecular formula is C37H44F3N5O3S. The molecule has 2 saturated heterocycles. The largest absolute Gasteiger partial charge is 0.444 e. The van der Waals surface area contributed by atoms with Crippen molar-refractivity contribution in [2.45, 2.75) is 97.0 Å². The van der Waals surface area contributed by atoms with E-state index in [1.54, 1.807) is 17.0 Å². The van der Waals surface area contributed by atoms with E-state index in [4.69, 9.17) is 4.74 Å². The lowest BCUT2D eigenvalue weighted by atomic mass is 9.71. The molecular weight excluding hydrogens is 652 g/mol. The number of fused-ring (bicyclic) bond motifs is 1. The van der Waals surface area contributed by atoms with Crippen LogP contribution in [0.4, 0.5) is 23.7 Å². The van der Waals surface area contributed by atoms with Gasteiger partial charge in [-0.25, -0.2) is 4.79 Å². The molecule has 7 rings (SSSR count). The summed E-state index contributed by atoms with van der Waals surface area (Å²) in [4.78, 5) is 33.2. The van der Waals surface area contributed by atoms with Gasteiger partial charge in [-0.3, -0.25) is 9.69 Å². The Morgan fingerprint density at radius 2 is 1.82 bits per heavy atom. The Labute approximate surface area is 289 Å². The van der Waals surface area contributed by atoms with Crippen LogP contribution in [0, 0.1) is 18.3 Å². The number of hydrogen-bond donors (Lipinski definition) is 0. The average Bonchev–Trinajstić information content (AvgIpc) is 3.80. The number of halogens is 3. The van der Waals surface area contributed by atoms with Gasteiger partial charge in [0.2, 0.25) is 0 Å². The number of carbonyl (C=O) groups is 2. The van der Waals surface area contributed by atoms with Gasteiger partial charge in [0.1, 0.15) is 5.60 Å². The number of hydrogen-bond acceptors (Lipinski definition) is 7. The SMILES string of the molecule is Cc1snnc1[C@@H](c1cccc(N2Cc3c(cc([C@@H](C)N4CC[C@]5(CCN(C(=O)OC(C)(C)C)C5)C4)cc3C(F)(F)F)C2=O)c1)C1CCC1. The molecule has 4 heterocycles. The van der Waals surface area contributed by atoms with Gasteiger partial charge in [-0.1, -0.05) is 23.0 Å². The number of alkyl halides is 3. The zero-order valence-electron chi connectivity index (χ0n) is 28.8. The van der Waals surface area contributed by atoms with Gasteiger partial charge in [0.25, 0.3) is 5.91 Å². The molecule has 49 heavy (non-hydrogen) atoms. The summed E-state index contributed by atoms with van der Waals surface area (Å²) in [6.07, 6.45) is 0.0305. The summed E-state index contributed by atoms with van der Waals surface area (Å²) in [5, 5.41) is 4.45. The first-order valence-corrected chi connectivity index (χ1v) is 18.1. The molecule has 262 valence electrons. The maximum Gasteiger partial charge on any atom is 0.416 e. The van der Waals surface area contributed by atoms with E-state index in [0.29, 0.717) is 43.3 Å². The van der Waals surface area contributed by atoms with Crippen LogP contribution in [0.3, 0.4) is 0 Å². The predicted molar refractivity (Wildman–Crippen MR) is 182 cm³/mol. The van der Waals surface area contributed by atoms with E-state index in [9.17, 15) is 22.8 Å². The number of ether oxygens (including phenoxy) is 1. The van der Waals surface area contributed by atoms with E-state index < -0.39 is 23.2 Å². The first-order valence-electron chi connectivity index (χ1n) is 17.3. The Hall–Kier alpha value is -3.51. The number of carbonyl (C=O) groups excluding carboxylic acids is 2. The fourth-order valence-electron chi connectivity index (χ4n) is 8.23. The molecule has 8 nitrogen and oxygen atoms in total. The second-order valence-corrected chi connectivity index (χ2v) is 16.5. The Bertz CT molecular complexity index is 1770. The third-order valence-corrected chi connectivity index (χ3v) is 11.7. The van der Waals surface area contributed by atoms with Gasteiger partial charge in [-0.05, 0) is 125 Å². The van der Waals surface area contributed by atoms with Crippen molar-refractivity contribution in [2.24, 2.45) is 11.3 Å². The number of rotatable bonds is 6. The van der Waals surface area contributed by atoms with Crippen molar-refractivity contribution in [3.63, 3.8) is 0 Å².